The fourth-order valence-corrected chi connectivity index (χ4v) is 2.72. The highest BCUT2D eigenvalue weighted by Crippen LogP contribution is 2.18. The van der Waals surface area contributed by atoms with Gasteiger partial charge in [-0.25, -0.2) is 4.98 Å². The van der Waals surface area contributed by atoms with E-state index in [1.807, 2.05) is 30.9 Å². The smallest absolute Gasteiger partial charge is 0.224 e. The number of nitrogens with zero attached hydrogens (tertiary/aromatic N) is 3. The second-order valence-electron chi connectivity index (χ2n) is 6.32. The van der Waals surface area contributed by atoms with Crippen LogP contribution in [0, 0.1) is 0 Å². The van der Waals surface area contributed by atoms with Crippen molar-refractivity contribution < 1.29 is 9.59 Å². The van der Waals surface area contributed by atoms with Gasteiger partial charge in [0.25, 0.3) is 0 Å². The number of rotatable bonds is 10. The molecule has 0 saturated heterocycles. The van der Waals surface area contributed by atoms with Crippen LogP contribution in [0.2, 0.25) is 0 Å². The summed E-state index contributed by atoms with van der Waals surface area (Å²) in [5.74, 6) is 1.04. The highest BCUT2D eigenvalue weighted by Gasteiger charge is 2.14. The van der Waals surface area contributed by atoms with Crippen molar-refractivity contribution in [1.29, 1.82) is 0 Å². The molecule has 1 heterocycles. The van der Waals surface area contributed by atoms with Crippen LogP contribution in [0.3, 0.4) is 0 Å². The van der Waals surface area contributed by atoms with Crippen LogP contribution in [0.5, 0.6) is 0 Å². The number of halogens is 1. The second kappa shape index (κ2) is 12.1. The van der Waals surface area contributed by atoms with Gasteiger partial charge in [0, 0.05) is 37.2 Å². The van der Waals surface area contributed by atoms with E-state index >= 15 is 0 Å². The molecule has 0 atom stereocenters. The van der Waals surface area contributed by atoms with Crippen LogP contribution in [-0.4, -0.2) is 45.0 Å². The van der Waals surface area contributed by atoms with E-state index < -0.39 is 0 Å². The molecule has 2 aromatic rings. The fourth-order valence-electron chi connectivity index (χ4n) is 2.72. The summed E-state index contributed by atoms with van der Waals surface area (Å²) in [6.07, 6.45) is 2.23. The van der Waals surface area contributed by atoms with Gasteiger partial charge in [-0.2, -0.15) is 5.10 Å². The van der Waals surface area contributed by atoms with E-state index in [9.17, 15) is 9.59 Å². The molecule has 1 aromatic heterocycles. The Balaban J connectivity index is 0.00000392. The first-order chi connectivity index (χ1) is 13.1. The van der Waals surface area contributed by atoms with E-state index in [2.05, 4.69) is 20.5 Å². The number of carbonyl (C=O) groups excluding carboxylic acids is 2. The van der Waals surface area contributed by atoms with Gasteiger partial charge in [-0.1, -0.05) is 13.8 Å². The van der Waals surface area contributed by atoms with Crippen molar-refractivity contribution >= 4 is 29.9 Å². The zero-order valence-corrected chi connectivity index (χ0v) is 17.2. The monoisotopic (exact) mass is 408 g/mol. The summed E-state index contributed by atoms with van der Waals surface area (Å²) in [7, 11) is 0. The molecule has 0 aliphatic carbocycles. The van der Waals surface area contributed by atoms with E-state index in [1.54, 1.807) is 12.1 Å². The topological polar surface area (TPSA) is 117 Å². The average molecular weight is 409 g/mol. The molecule has 2 amide bonds. The largest absolute Gasteiger partial charge is 0.343 e. The van der Waals surface area contributed by atoms with Gasteiger partial charge in [0.1, 0.15) is 5.82 Å². The number of amides is 2. The van der Waals surface area contributed by atoms with Crippen LogP contribution < -0.4 is 11.1 Å². The molecule has 154 valence electrons. The third kappa shape index (κ3) is 6.94. The number of carbonyl (C=O) groups is 2. The van der Waals surface area contributed by atoms with E-state index in [4.69, 9.17) is 5.73 Å². The van der Waals surface area contributed by atoms with Gasteiger partial charge in [0.15, 0.2) is 5.82 Å². The van der Waals surface area contributed by atoms with Gasteiger partial charge in [-0.3, -0.25) is 14.7 Å². The SMILES string of the molecule is CCCN(CCC)C(=O)CCC(=O)Nc1ccc(-c2n[nH]c(CN)n2)cc1.Cl. The van der Waals surface area contributed by atoms with Gasteiger partial charge in [0.2, 0.25) is 11.8 Å². The maximum Gasteiger partial charge on any atom is 0.224 e. The van der Waals surface area contributed by atoms with Crippen molar-refractivity contribution in [3.63, 3.8) is 0 Å². The zero-order valence-electron chi connectivity index (χ0n) is 16.4. The fraction of sp³-hybridized carbons (Fsp3) is 0.474. The first-order valence-corrected chi connectivity index (χ1v) is 9.36. The Morgan fingerprint density at radius 3 is 2.29 bits per heavy atom. The minimum atomic E-state index is -0.174. The number of nitrogens with two attached hydrogens (primary N) is 1. The van der Waals surface area contributed by atoms with Gasteiger partial charge >= 0.3 is 0 Å². The van der Waals surface area contributed by atoms with E-state index in [0.717, 1.165) is 31.5 Å². The number of anilines is 1. The molecule has 0 unspecified atom stereocenters. The molecular weight excluding hydrogens is 380 g/mol. The number of hydrogen-bond donors (Lipinski definition) is 3. The lowest BCUT2D eigenvalue weighted by Gasteiger charge is -2.21. The van der Waals surface area contributed by atoms with E-state index in [0.29, 0.717) is 23.9 Å². The summed E-state index contributed by atoms with van der Waals surface area (Å²) < 4.78 is 0. The maximum absolute atomic E-state index is 12.2. The number of aromatic nitrogens is 3. The first-order valence-electron chi connectivity index (χ1n) is 9.36. The van der Waals surface area contributed by atoms with Gasteiger partial charge in [0.05, 0.1) is 6.54 Å². The Morgan fingerprint density at radius 1 is 1.11 bits per heavy atom. The molecule has 0 radical (unpaired) electrons. The first kappa shape index (κ1) is 23.6. The summed E-state index contributed by atoms with van der Waals surface area (Å²) in [5.41, 5.74) is 7.01. The van der Waals surface area contributed by atoms with Gasteiger partial charge < -0.3 is 16.0 Å². The normalized spacial score (nSPS) is 10.2. The van der Waals surface area contributed by atoms with Crippen molar-refractivity contribution in [3.8, 4) is 11.4 Å². The third-order valence-electron chi connectivity index (χ3n) is 4.06. The summed E-state index contributed by atoms with van der Waals surface area (Å²) >= 11 is 0. The van der Waals surface area contributed by atoms with Crippen LogP contribution in [-0.2, 0) is 16.1 Å². The minimum Gasteiger partial charge on any atom is -0.343 e. The minimum absolute atomic E-state index is 0. The molecule has 0 aliphatic heterocycles. The molecular formula is C19H29ClN6O2. The molecule has 0 bridgehead atoms. The Bertz CT molecular complexity index is 741. The number of nitrogens with one attached hydrogen (secondary N) is 2. The van der Waals surface area contributed by atoms with Crippen LogP contribution >= 0.6 is 12.4 Å². The van der Waals surface area contributed by atoms with Crippen LogP contribution in [0.25, 0.3) is 11.4 Å². The number of benzene rings is 1. The summed E-state index contributed by atoms with van der Waals surface area (Å²) in [5, 5.41) is 9.68. The number of aromatic amines is 1. The van der Waals surface area contributed by atoms with Crippen molar-refractivity contribution in [3.05, 3.63) is 30.1 Å². The lowest BCUT2D eigenvalue weighted by molar-refractivity contribution is -0.132. The van der Waals surface area contributed by atoms with Crippen LogP contribution in [0.4, 0.5) is 5.69 Å². The molecule has 2 rings (SSSR count). The van der Waals surface area contributed by atoms with E-state index in [-0.39, 0.29) is 37.1 Å². The molecule has 9 heteroatoms. The third-order valence-corrected chi connectivity index (χ3v) is 4.06. The highest BCUT2D eigenvalue weighted by molar-refractivity contribution is 5.93. The van der Waals surface area contributed by atoms with Crippen LogP contribution in [0.1, 0.15) is 45.4 Å². The highest BCUT2D eigenvalue weighted by atomic mass is 35.5. The van der Waals surface area contributed by atoms with E-state index in [1.165, 1.54) is 0 Å². The van der Waals surface area contributed by atoms with Crippen molar-refractivity contribution in [2.24, 2.45) is 5.73 Å². The quantitative estimate of drug-likeness (QED) is 0.558. The summed E-state index contributed by atoms with van der Waals surface area (Å²) in [4.78, 5) is 30.4. The molecule has 8 nitrogen and oxygen atoms in total. The summed E-state index contributed by atoms with van der Waals surface area (Å²) in [6, 6.07) is 7.23. The Labute approximate surface area is 171 Å². The van der Waals surface area contributed by atoms with Crippen molar-refractivity contribution in [1.82, 2.24) is 20.1 Å². The lowest BCUT2D eigenvalue weighted by Crippen LogP contribution is -2.33. The molecule has 1 aromatic carbocycles. The molecule has 4 N–H and O–H groups in total. The molecule has 0 saturated carbocycles. The second-order valence-corrected chi connectivity index (χ2v) is 6.32. The Hall–Kier alpha value is -2.45. The predicted octanol–water partition coefficient (Wildman–Crippen LogP) is 2.72. The maximum atomic E-state index is 12.2. The van der Waals surface area contributed by atoms with Crippen molar-refractivity contribution in [2.75, 3.05) is 18.4 Å². The Kier molecular flexibility index (Phi) is 10.2. The molecule has 0 fully saturated rings. The molecule has 28 heavy (non-hydrogen) atoms. The summed E-state index contributed by atoms with van der Waals surface area (Å²) in [6.45, 7) is 5.86. The Morgan fingerprint density at radius 2 is 1.75 bits per heavy atom. The van der Waals surface area contributed by atoms with Crippen molar-refractivity contribution in [2.45, 2.75) is 46.1 Å². The standard InChI is InChI=1S/C19H28N6O2.ClH/c1-3-11-25(12-4-2)18(27)10-9-17(26)21-15-7-5-14(6-8-15)19-22-16(13-20)23-24-19;/h5-8H,3-4,9-13,20H2,1-2H3,(H,21,26)(H,22,23,24);1H. The van der Waals surface area contributed by atoms with Crippen LogP contribution in [0.15, 0.2) is 24.3 Å². The predicted molar refractivity (Wildman–Crippen MR) is 112 cm³/mol. The zero-order chi connectivity index (χ0) is 19.6. The van der Waals surface area contributed by atoms with Gasteiger partial charge in [-0.05, 0) is 37.1 Å². The molecule has 0 spiro atoms. The number of hydrogen-bond acceptors (Lipinski definition) is 5. The lowest BCUT2D eigenvalue weighted by atomic mass is 10.2. The average Bonchev–Trinajstić information content (AvgIpc) is 3.16. The number of H-pyrrole nitrogens is 1. The molecule has 0 aliphatic rings. The van der Waals surface area contributed by atoms with Gasteiger partial charge in [-0.15, -0.1) is 12.4 Å².